The van der Waals surface area contributed by atoms with E-state index < -0.39 is 0 Å². The first-order valence-electron chi connectivity index (χ1n) is 6.99. The minimum atomic E-state index is -0.0162. The number of hydrogen-bond donors (Lipinski definition) is 1. The highest BCUT2D eigenvalue weighted by atomic mass is 16.5. The number of carbonyl (C=O) groups excluding carboxylic acids is 1. The number of carbonyl (C=O) groups is 1. The van der Waals surface area contributed by atoms with Gasteiger partial charge in [-0.2, -0.15) is 0 Å². The van der Waals surface area contributed by atoms with E-state index >= 15 is 0 Å². The van der Waals surface area contributed by atoms with Crippen molar-refractivity contribution < 1.29 is 9.32 Å². The minimum Gasteiger partial charge on any atom is -0.361 e. The van der Waals surface area contributed by atoms with Crippen LogP contribution in [0, 0.1) is 20.8 Å². The van der Waals surface area contributed by atoms with E-state index in [2.05, 4.69) is 20.4 Å². The van der Waals surface area contributed by atoms with Crippen molar-refractivity contribution in [3.8, 4) is 0 Å². The Balaban J connectivity index is 1.87. The van der Waals surface area contributed by atoms with Crippen LogP contribution in [0.2, 0.25) is 0 Å². The van der Waals surface area contributed by atoms with Crippen molar-refractivity contribution in [2.45, 2.75) is 40.5 Å². The number of ketones is 1. The second kappa shape index (κ2) is 6.47. The van der Waals surface area contributed by atoms with E-state index in [9.17, 15) is 4.79 Å². The Bertz CT molecular complexity index is 630. The van der Waals surface area contributed by atoms with Crippen molar-refractivity contribution in [1.82, 2.24) is 15.1 Å². The molecule has 2 aromatic heterocycles. The van der Waals surface area contributed by atoms with Crippen LogP contribution in [0.25, 0.3) is 0 Å². The van der Waals surface area contributed by atoms with E-state index in [0.29, 0.717) is 17.2 Å². The standard InChI is InChI=1S/C15H20N4O2/c1-9-14(11(3)20)8-17-15(18-9)16-7-5-6-13-10(2)19-21-12(13)4/h8H,5-7H2,1-4H3,(H,16,17,18). The normalized spacial score (nSPS) is 10.7. The molecule has 0 atom stereocenters. The van der Waals surface area contributed by atoms with Gasteiger partial charge in [0.1, 0.15) is 5.76 Å². The van der Waals surface area contributed by atoms with Gasteiger partial charge in [0.25, 0.3) is 0 Å². The van der Waals surface area contributed by atoms with Gasteiger partial charge in [-0.3, -0.25) is 4.79 Å². The third-order valence-electron chi connectivity index (χ3n) is 3.43. The number of nitrogens with one attached hydrogen (secondary N) is 1. The Morgan fingerprint density at radius 1 is 1.29 bits per heavy atom. The molecular weight excluding hydrogens is 268 g/mol. The molecule has 0 saturated carbocycles. The summed E-state index contributed by atoms with van der Waals surface area (Å²) >= 11 is 0. The lowest BCUT2D eigenvalue weighted by atomic mass is 10.1. The predicted octanol–water partition coefficient (Wildman–Crippen LogP) is 2.64. The van der Waals surface area contributed by atoms with Crippen LogP contribution in [-0.4, -0.2) is 27.5 Å². The van der Waals surface area contributed by atoms with Gasteiger partial charge in [-0.15, -0.1) is 0 Å². The number of nitrogens with zero attached hydrogens (tertiary/aromatic N) is 3. The highest BCUT2D eigenvalue weighted by Crippen LogP contribution is 2.14. The second-order valence-electron chi connectivity index (χ2n) is 5.08. The molecule has 6 nitrogen and oxygen atoms in total. The molecule has 21 heavy (non-hydrogen) atoms. The third-order valence-corrected chi connectivity index (χ3v) is 3.43. The van der Waals surface area contributed by atoms with Gasteiger partial charge in [-0.1, -0.05) is 5.16 Å². The van der Waals surface area contributed by atoms with Crippen LogP contribution >= 0.6 is 0 Å². The fourth-order valence-corrected chi connectivity index (χ4v) is 2.22. The first-order chi connectivity index (χ1) is 9.99. The number of aromatic nitrogens is 3. The highest BCUT2D eigenvalue weighted by molar-refractivity contribution is 5.94. The maximum absolute atomic E-state index is 11.3. The smallest absolute Gasteiger partial charge is 0.222 e. The number of Topliss-reactive ketones (excluding diaryl/α,β-unsaturated/α-hetero) is 1. The van der Waals surface area contributed by atoms with Gasteiger partial charge in [-0.25, -0.2) is 9.97 Å². The van der Waals surface area contributed by atoms with Gasteiger partial charge in [0.2, 0.25) is 5.95 Å². The maximum Gasteiger partial charge on any atom is 0.222 e. The summed E-state index contributed by atoms with van der Waals surface area (Å²) in [5, 5.41) is 7.11. The molecule has 0 spiro atoms. The molecule has 0 fully saturated rings. The van der Waals surface area contributed by atoms with E-state index in [4.69, 9.17) is 4.52 Å². The lowest BCUT2D eigenvalue weighted by Crippen LogP contribution is -2.09. The molecule has 0 amide bonds. The third kappa shape index (κ3) is 3.65. The molecule has 6 heteroatoms. The molecule has 0 aliphatic heterocycles. The predicted molar refractivity (Wildman–Crippen MR) is 79.6 cm³/mol. The topological polar surface area (TPSA) is 80.9 Å². The van der Waals surface area contributed by atoms with E-state index in [0.717, 1.165) is 30.8 Å². The molecule has 0 aliphatic carbocycles. The molecule has 0 aromatic carbocycles. The van der Waals surface area contributed by atoms with E-state index in [1.54, 1.807) is 6.20 Å². The average molecular weight is 288 g/mol. The van der Waals surface area contributed by atoms with Gasteiger partial charge >= 0.3 is 0 Å². The molecule has 1 N–H and O–H groups in total. The van der Waals surface area contributed by atoms with Crippen LogP contribution in [-0.2, 0) is 6.42 Å². The SMILES string of the molecule is CC(=O)c1cnc(NCCCc2c(C)noc2C)nc1C. The van der Waals surface area contributed by atoms with Crippen LogP contribution in [0.5, 0.6) is 0 Å². The summed E-state index contributed by atoms with van der Waals surface area (Å²) in [6.07, 6.45) is 3.40. The average Bonchev–Trinajstić information content (AvgIpc) is 2.74. The number of anilines is 1. The Morgan fingerprint density at radius 3 is 2.62 bits per heavy atom. The molecule has 0 radical (unpaired) electrons. The van der Waals surface area contributed by atoms with Crippen LogP contribution in [0.1, 0.15) is 46.4 Å². The fraction of sp³-hybridized carbons (Fsp3) is 0.467. The van der Waals surface area contributed by atoms with Crippen LogP contribution < -0.4 is 5.32 Å². The van der Waals surface area contributed by atoms with Crippen molar-refractivity contribution in [1.29, 1.82) is 0 Å². The first kappa shape index (κ1) is 15.2. The summed E-state index contributed by atoms with van der Waals surface area (Å²) in [7, 11) is 0. The molecule has 2 aromatic rings. The molecule has 0 unspecified atom stereocenters. The Morgan fingerprint density at radius 2 is 2.05 bits per heavy atom. The minimum absolute atomic E-state index is 0.0162. The summed E-state index contributed by atoms with van der Waals surface area (Å²) in [6, 6.07) is 0. The largest absolute Gasteiger partial charge is 0.361 e. The fourth-order valence-electron chi connectivity index (χ4n) is 2.22. The number of rotatable bonds is 6. The summed E-state index contributed by atoms with van der Waals surface area (Å²) in [6.45, 7) is 7.96. The van der Waals surface area contributed by atoms with Crippen molar-refractivity contribution >= 4 is 11.7 Å². The molecule has 2 heterocycles. The van der Waals surface area contributed by atoms with Crippen LogP contribution in [0.3, 0.4) is 0 Å². The zero-order valence-corrected chi connectivity index (χ0v) is 12.9. The van der Waals surface area contributed by atoms with E-state index in [1.165, 1.54) is 12.5 Å². The summed E-state index contributed by atoms with van der Waals surface area (Å²) in [4.78, 5) is 19.8. The maximum atomic E-state index is 11.3. The summed E-state index contributed by atoms with van der Waals surface area (Å²) < 4.78 is 5.13. The van der Waals surface area contributed by atoms with E-state index in [-0.39, 0.29) is 5.78 Å². The molecule has 2 rings (SSSR count). The molecular formula is C15H20N4O2. The molecule has 0 aliphatic rings. The monoisotopic (exact) mass is 288 g/mol. The van der Waals surface area contributed by atoms with Crippen molar-refractivity contribution in [2.75, 3.05) is 11.9 Å². The summed E-state index contributed by atoms with van der Waals surface area (Å²) in [5.74, 6) is 1.42. The lowest BCUT2D eigenvalue weighted by molar-refractivity contribution is 0.101. The van der Waals surface area contributed by atoms with Gasteiger partial charge in [-0.05, 0) is 40.5 Å². The number of hydrogen-bond acceptors (Lipinski definition) is 6. The first-order valence-corrected chi connectivity index (χ1v) is 6.99. The van der Waals surface area contributed by atoms with Crippen molar-refractivity contribution in [3.05, 3.63) is 34.5 Å². The molecule has 0 bridgehead atoms. The van der Waals surface area contributed by atoms with Gasteiger partial charge in [0.05, 0.1) is 17.0 Å². The van der Waals surface area contributed by atoms with Crippen molar-refractivity contribution in [2.24, 2.45) is 0 Å². The quantitative estimate of drug-likeness (QED) is 0.650. The zero-order chi connectivity index (χ0) is 15.4. The Hall–Kier alpha value is -2.24. The summed E-state index contributed by atoms with van der Waals surface area (Å²) in [5.41, 5.74) is 3.38. The molecule has 0 saturated heterocycles. The van der Waals surface area contributed by atoms with Gasteiger partial charge in [0, 0.05) is 18.3 Å². The molecule has 112 valence electrons. The van der Waals surface area contributed by atoms with Gasteiger partial charge in [0.15, 0.2) is 5.78 Å². The van der Waals surface area contributed by atoms with Crippen LogP contribution in [0.15, 0.2) is 10.7 Å². The van der Waals surface area contributed by atoms with Crippen molar-refractivity contribution in [3.63, 3.8) is 0 Å². The highest BCUT2D eigenvalue weighted by Gasteiger charge is 2.09. The second-order valence-corrected chi connectivity index (χ2v) is 5.08. The zero-order valence-electron chi connectivity index (χ0n) is 12.9. The Labute approximate surface area is 124 Å². The number of aryl methyl sites for hydroxylation is 3. The van der Waals surface area contributed by atoms with Crippen LogP contribution in [0.4, 0.5) is 5.95 Å². The Kier molecular flexibility index (Phi) is 4.67. The van der Waals surface area contributed by atoms with Gasteiger partial charge < -0.3 is 9.84 Å². The lowest BCUT2D eigenvalue weighted by Gasteiger charge is -2.07. The van der Waals surface area contributed by atoms with E-state index in [1.807, 2.05) is 20.8 Å².